The van der Waals surface area contributed by atoms with Crippen LogP contribution in [0.15, 0.2) is 30.5 Å². The van der Waals surface area contributed by atoms with Gasteiger partial charge in [-0.25, -0.2) is 0 Å². The van der Waals surface area contributed by atoms with Gasteiger partial charge in [0, 0.05) is 30.0 Å². The van der Waals surface area contributed by atoms with Crippen molar-refractivity contribution in [1.29, 1.82) is 0 Å². The van der Waals surface area contributed by atoms with Crippen molar-refractivity contribution in [3.8, 4) is 0 Å². The van der Waals surface area contributed by atoms with Gasteiger partial charge in [0.2, 0.25) is 0 Å². The van der Waals surface area contributed by atoms with E-state index >= 15 is 0 Å². The highest BCUT2D eigenvalue weighted by molar-refractivity contribution is 6.30. The maximum Gasteiger partial charge on any atom is 0.0492 e. The molecule has 0 saturated carbocycles. The second kappa shape index (κ2) is 7.62. The number of aromatic nitrogens is 2. The first-order chi connectivity index (χ1) is 10.1. The van der Waals surface area contributed by atoms with Crippen LogP contribution in [-0.4, -0.2) is 16.3 Å². The number of rotatable bonds is 7. The molecule has 21 heavy (non-hydrogen) atoms. The fourth-order valence-corrected chi connectivity index (χ4v) is 2.91. The molecule has 1 heterocycles. The lowest BCUT2D eigenvalue weighted by molar-refractivity contribution is 0.491. The van der Waals surface area contributed by atoms with Crippen LogP contribution in [0.5, 0.6) is 0 Å². The Morgan fingerprint density at radius 2 is 2.14 bits per heavy atom. The molecule has 4 heteroatoms. The van der Waals surface area contributed by atoms with E-state index in [1.807, 2.05) is 24.0 Å². The molecule has 1 aromatic heterocycles. The molecule has 1 atom stereocenters. The molecule has 1 aromatic carbocycles. The lowest BCUT2D eigenvalue weighted by Gasteiger charge is -2.20. The van der Waals surface area contributed by atoms with Gasteiger partial charge in [0.15, 0.2) is 0 Å². The molecule has 0 aliphatic rings. The van der Waals surface area contributed by atoms with Crippen molar-refractivity contribution in [2.45, 2.75) is 39.2 Å². The zero-order valence-electron chi connectivity index (χ0n) is 13.1. The summed E-state index contributed by atoms with van der Waals surface area (Å²) in [6.07, 6.45) is 5.03. The second-order valence-electron chi connectivity index (χ2n) is 5.55. The van der Waals surface area contributed by atoms with Gasteiger partial charge in [-0.15, -0.1) is 0 Å². The predicted octanol–water partition coefficient (Wildman–Crippen LogP) is 4.06. The fraction of sp³-hybridized carbons (Fsp3) is 0.471. The van der Waals surface area contributed by atoms with Crippen molar-refractivity contribution in [3.05, 3.63) is 52.3 Å². The van der Waals surface area contributed by atoms with Crippen LogP contribution >= 0.6 is 11.6 Å². The maximum atomic E-state index is 6.21. The lowest BCUT2D eigenvalue weighted by atomic mass is 9.99. The highest BCUT2D eigenvalue weighted by Crippen LogP contribution is 2.24. The Balaban J connectivity index is 2.11. The SMILES string of the molecule is CCCNC(CCc1ccnn1C)c1cc(C)cc(Cl)c1. The third-order valence-electron chi connectivity index (χ3n) is 3.72. The van der Waals surface area contributed by atoms with E-state index in [1.54, 1.807) is 0 Å². The summed E-state index contributed by atoms with van der Waals surface area (Å²) in [5, 5.41) is 8.68. The number of hydrogen-bond acceptors (Lipinski definition) is 2. The minimum absolute atomic E-state index is 0.331. The lowest BCUT2D eigenvalue weighted by Crippen LogP contribution is -2.23. The molecule has 0 bridgehead atoms. The van der Waals surface area contributed by atoms with Crippen LogP contribution < -0.4 is 5.32 Å². The molecule has 0 aliphatic carbocycles. The standard InChI is InChI=1S/C17H24ClN3/c1-4-8-19-17(6-5-16-7-9-20-21(16)3)14-10-13(2)11-15(18)12-14/h7,9-12,17,19H,4-6,8H2,1-3H3. The molecule has 114 valence electrons. The minimum Gasteiger partial charge on any atom is -0.310 e. The summed E-state index contributed by atoms with van der Waals surface area (Å²) in [6, 6.07) is 8.72. The van der Waals surface area contributed by atoms with Crippen LogP contribution in [0, 0.1) is 6.92 Å². The zero-order valence-corrected chi connectivity index (χ0v) is 13.8. The first-order valence-electron chi connectivity index (χ1n) is 7.57. The highest BCUT2D eigenvalue weighted by Gasteiger charge is 2.13. The molecule has 1 N–H and O–H groups in total. The molecule has 0 fully saturated rings. The summed E-state index contributed by atoms with van der Waals surface area (Å²) < 4.78 is 1.94. The van der Waals surface area contributed by atoms with Crippen LogP contribution in [0.4, 0.5) is 0 Å². The van der Waals surface area contributed by atoms with Crippen molar-refractivity contribution in [1.82, 2.24) is 15.1 Å². The predicted molar refractivity (Wildman–Crippen MR) is 88.8 cm³/mol. The molecule has 0 saturated heterocycles. The molecule has 2 aromatic rings. The summed E-state index contributed by atoms with van der Waals surface area (Å²) >= 11 is 6.21. The number of hydrogen-bond donors (Lipinski definition) is 1. The van der Waals surface area contributed by atoms with E-state index in [-0.39, 0.29) is 0 Å². The maximum absolute atomic E-state index is 6.21. The Labute approximate surface area is 132 Å². The van der Waals surface area contributed by atoms with E-state index in [1.165, 1.54) is 16.8 Å². The van der Waals surface area contributed by atoms with Crippen molar-refractivity contribution in [2.24, 2.45) is 7.05 Å². The normalized spacial score (nSPS) is 12.6. The molecular weight excluding hydrogens is 282 g/mol. The topological polar surface area (TPSA) is 29.9 Å². The smallest absolute Gasteiger partial charge is 0.0492 e. The van der Waals surface area contributed by atoms with Crippen molar-refractivity contribution in [3.63, 3.8) is 0 Å². The molecular formula is C17H24ClN3. The summed E-state index contributed by atoms with van der Waals surface area (Å²) in [5.74, 6) is 0. The first kappa shape index (κ1) is 16.1. The monoisotopic (exact) mass is 305 g/mol. The number of benzene rings is 1. The molecule has 0 amide bonds. The van der Waals surface area contributed by atoms with Crippen LogP contribution in [0.3, 0.4) is 0 Å². The van der Waals surface area contributed by atoms with Gasteiger partial charge in [-0.1, -0.05) is 24.6 Å². The summed E-state index contributed by atoms with van der Waals surface area (Å²) in [4.78, 5) is 0. The Morgan fingerprint density at radius 3 is 2.76 bits per heavy atom. The molecule has 3 nitrogen and oxygen atoms in total. The van der Waals surface area contributed by atoms with Crippen LogP contribution in [0.2, 0.25) is 5.02 Å². The van der Waals surface area contributed by atoms with Crippen molar-refractivity contribution in [2.75, 3.05) is 6.54 Å². The average Bonchev–Trinajstić information content (AvgIpc) is 2.83. The van der Waals surface area contributed by atoms with Crippen LogP contribution in [-0.2, 0) is 13.5 Å². The zero-order chi connectivity index (χ0) is 15.2. The Bertz CT molecular complexity index is 557. The van der Waals surface area contributed by atoms with E-state index in [2.05, 4.69) is 42.5 Å². The Hall–Kier alpha value is -1.32. The number of halogens is 1. The van der Waals surface area contributed by atoms with Gasteiger partial charge in [0.25, 0.3) is 0 Å². The van der Waals surface area contributed by atoms with Crippen molar-refractivity contribution < 1.29 is 0 Å². The van der Waals surface area contributed by atoms with Gasteiger partial charge in [-0.2, -0.15) is 5.10 Å². The minimum atomic E-state index is 0.331. The van der Waals surface area contributed by atoms with Crippen molar-refractivity contribution >= 4 is 11.6 Å². The average molecular weight is 306 g/mol. The van der Waals surface area contributed by atoms with Crippen LogP contribution in [0.25, 0.3) is 0 Å². The van der Waals surface area contributed by atoms with Gasteiger partial charge in [0.1, 0.15) is 0 Å². The second-order valence-corrected chi connectivity index (χ2v) is 5.99. The summed E-state index contributed by atoms with van der Waals surface area (Å²) in [6.45, 7) is 5.30. The number of aryl methyl sites for hydroxylation is 3. The Kier molecular flexibility index (Phi) is 5.83. The van der Waals surface area contributed by atoms with Gasteiger partial charge >= 0.3 is 0 Å². The van der Waals surface area contributed by atoms with E-state index < -0.39 is 0 Å². The van der Waals surface area contributed by atoms with Gasteiger partial charge < -0.3 is 5.32 Å². The van der Waals surface area contributed by atoms with E-state index in [4.69, 9.17) is 11.6 Å². The summed E-state index contributed by atoms with van der Waals surface area (Å²) in [5.41, 5.74) is 3.74. The van der Waals surface area contributed by atoms with Gasteiger partial charge in [0.05, 0.1) is 0 Å². The van der Waals surface area contributed by atoms with Crippen LogP contribution in [0.1, 0.15) is 42.6 Å². The van der Waals surface area contributed by atoms with E-state index in [0.29, 0.717) is 6.04 Å². The molecule has 1 unspecified atom stereocenters. The largest absolute Gasteiger partial charge is 0.310 e. The number of nitrogens with zero attached hydrogens (tertiary/aromatic N) is 2. The van der Waals surface area contributed by atoms with Gasteiger partial charge in [-0.05, 0) is 62.1 Å². The quantitative estimate of drug-likeness (QED) is 0.836. The van der Waals surface area contributed by atoms with E-state index in [9.17, 15) is 0 Å². The molecule has 0 aliphatic heterocycles. The molecule has 0 radical (unpaired) electrons. The molecule has 0 spiro atoms. The van der Waals surface area contributed by atoms with Gasteiger partial charge in [-0.3, -0.25) is 4.68 Å². The summed E-state index contributed by atoms with van der Waals surface area (Å²) in [7, 11) is 1.99. The molecule has 2 rings (SSSR count). The third-order valence-corrected chi connectivity index (χ3v) is 3.94. The van der Waals surface area contributed by atoms with E-state index in [0.717, 1.165) is 30.8 Å². The highest BCUT2D eigenvalue weighted by atomic mass is 35.5. The third kappa shape index (κ3) is 4.58. The first-order valence-corrected chi connectivity index (χ1v) is 7.95. The Morgan fingerprint density at radius 1 is 1.33 bits per heavy atom. The fourth-order valence-electron chi connectivity index (χ4n) is 2.61. The number of nitrogens with one attached hydrogen (secondary N) is 1.